The van der Waals surface area contributed by atoms with Crippen LogP contribution in [0.5, 0.6) is 0 Å². The monoisotopic (exact) mass is 318 g/mol. The van der Waals surface area contributed by atoms with E-state index in [4.69, 9.17) is 0 Å². The summed E-state index contributed by atoms with van der Waals surface area (Å²) in [5, 5.41) is 0. The van der Waals surface area contributed by atoms with Crippen molar-refractivity contribution in [2.75, 3.05) is 0 Å². The average molecular weight is 318 g/mol. The summed E-state index contributed by atoms with van der Waals surface area (Å²) in [6.07, 6.45) is 0. The molecule has 6 heteroatoms. The number of hydrogen-bond donors (Lipinski definition) is 0. The standard InChI is InChI=1S/3H2O.2O.Th/h3*1H2;;;/q;;;2*-2;+4. The van der Waals surface area contributed by atoms with Crippen LogP contribution >= 0.6 is 0 Å². The van der Waals surface area contributed by atoms with Gasteiger partial charge in [-0.05, 0) is 0 Å². The van der Waals surface area contributed by atoms with E-state index in [-0.39, 0.29) is 67.3 Å². The second-order valence-electron chi connectivity index (χ2n) is 0. The summed E-state index contributed by atoms with van der Waals surface area (Å²) in [6, 6.07) is 0. The Morgan fingerprint density at radius 3 is 0.500 bits per heavy atom. The summed E-state index contributed by atoms with van der Waals surface area (Å²) < 4.78 is 0. The summed E-state index contributed by atoms with van der Waals surface area (Å²) in [5.74, 6) is 0. The van der Waals surface area contributed by atoms with Crippen LogP contribution in [0.4, 0.5) is 0 Å². The van der Waals surface area contributed by atoms with E-state index in [9.17, 15) is 0 Å². The molecule has 0 aromatic carbocycles. The molecule has 6 heavy (non-hydrogen) atoms. The summed E-state index contributed by atoms with van der Waals surface area (Å²) in [5.41, 5.74) is 0. The zero-order chi connectivity index (χ0) is 0. The Kier molecular flexibility index (Phi) is 4480. The van der Waals surface area contributed by atoms with E-state index in [0.717, 1.165) is 0 Å². The van der Waals surface area contributed by atoms with E-state index in [0.29, 0.717) is 0 Å². The van der Waals surface area contributed by atoms with Gasteiger partial charge < -0.3 is 27.4 Å². The van der Waals surface area contributed by atoms with Crippen LogP contribution < -0.4 is 0 Å². The van der Waals surface area contributed by atoms with Crippen LogP contribution in [0.15, 0.2) is 0 Å². The van der Waals surface area contributed by atoms with Gasteiger partial charge in [0.2, 0.25) is 0 Å². The Bertz CT molecular complexity index is 3.90. The molecular weight excluding hydrogens is 312 g/mol. The minimum atomic E-state index is 0. The van der Waals surface area contributed by atoms with Crippen LogP contribution in [0.3, 0.4) is 0 Å². The molecule has 0 aliphatic rings. The van der Waals surface area contributed by atoms with Crippen LogP contribution in [-0.4, -0.2) is 16.4 Å². The van der Waals surface area contributed by atoms with Gasteiger partial charge in [-0.25, -0.2) is 0 Å². The van der Waals surface area contributed by atoms with Gasteiger partial charge in [0.15, 0.2) is 0 Å². The van der Waals surface area contributed by atoms with Gasteiger partial charge in [0.05, 0.1) is 0 Å². The Hall–Kier alpha value is 1.12. The van der Waals surface area contributed by atoms with Crippen molar-refractivity contribution in [1.29, 1.82) is 0 Å². The fourth-order valence-corrected chi connectivity index (χ4v) is 0. The van der Waals surface area contributed by atoms with Gasteiger partial charge >= 0.3 is 39.9 Å². The quantitative estimate of drug-likeness (QED) is 0.456. The first-order chi connectivity index (χ1) is 0. The molecule has 0 atom stereocenters. The third-order valence-electron chi connectivity index (χ3n) is 0. The van der Waals surface area contributed by atoms with E-state index in [2.05, 4.69) is 0 Å². The zero-order valence-corrected chi connectivity index (χ0v) is 6.93. The molecule has 0 unspecified atom stereocenters. The molecule has 0 radical (unpaired) electrons. The second kappa shape index (κ2) is 127. The van der Waals surface area contributed by atoms with Gasteiger partial charge in [0.25, 0.3) is 0 Å². The van der Waals surface area contributed by atoms with Crippen molar-refractivity contribution in [2.24, 2.45) is 0 Å². The maximum atomic E-state index is 0. The smallest absolute Gasteiger partial charge is 2.00 e. The molecule has 0 aromatic heterocycles. The molecule has 0 rings (SSSR count). The molecule has 6 N–H and O–H groups in total. The van der Waals surface area contributed by atoms with Crippen molar-refractivity contribution in [3.05, 3.63) is 0 Å². The molecule has 0 saturated heterocycles. The fraction of sp³-hybridized carbons (Fsp3) is 0. The van der Waals surface area contributed by atoms with Gasteiger partial charge in [-0.2, -0.15) is 0 Å². The predicted octanol–water partition coefficient (Wildman–Crippen LogP) is -2.71. The third kappa shape index (κ3) is 68.9. The van der Waals surface area contributed by atoms with E-state index in [1.165, 1.54) is 0 Å². The Morgan fingerprint density at radius 2 is 0.500 bits per heavy atom. The zero-order valence-electron chi connectivity index (χ0n) is 2.82. The summed E-state index contributed by atoms with van der Waals surface area (Å²) in [7, 11) is 0. The summed E-state index contributed by atoms with van der Waals surface area (Å²) in [4.78, 5) is 0. The number of rotatable bonds is 0. The minimum absolute atomic E-state index is 0. The maximum Gasteiger partial charge on any atom is 4.00 e. The van der Waals surface area contributed by atoms with Crippen molar-refractivity contribution in [2.45, 2.75) is 0 Å². The van der Waals surface area contributed by atoms with Crippen LogP contribution in [0.25, 0.3) is 0 Å². The Morgan fingerprint density at radius 1 is 0.500 bits per heavy atom. The van der Waals surface area contributed by atoms with Crippen molar-refractivity contribution in [3.63, 3.8) is 0 Å². The summed E-state index contributed by atoms with van der Waals surface area (Å²) >= 11 is 0. The first kappa shape index (κ1) is 211. The predicted molar refractivity (Wildman–Crippen MR) is 12.2 cm³/mol. The van der Waals surface area contributed by atoms with Crippen LogP contribution in [0.1, 0.15) is 0 Å². The molecule has 0 aromatic rings. The molecule has 0 saturated carbocycles. The molecule has 0 bridgehead atoms. The van der Waals surface area contributed by atoms with Crippen molar-refractivity contribution in [3.8, 4) is 0 Å². The van der Waals surface area contributed by atoms with Gasteiger partial charge in [-0.15, -0.1) is 0 Å². The second-order valence-corrected chi connectivity index (χ2v) is 0. The van der Waals surface area contributed by atoms with Gasteiger partial charge in [0, 0.05) is 0 Å². The van der Waals surface area contributed by atoms with Crippen molar-refractivity contribution in [1.82, 2.24) is 0 Å². The molecule has 40 valence electrons. The van der Waals surface area contributed by atoms with Crippen molar-refractivity contribution < 1.29 is 67.3 Å². The molecule has 0 aliphatic heterocycles. The first-order valence-electron chi connectivity index (χ1n) is 0. The average Bonchev–Trinajstić information content (AvgIpc) is 0. The van der Waals surface area contributed by atoms with Gasteiger partial charge in [0.1, 0.15) is 0 Å². The van der Waals surface area contributed by atoms with Crippen LogP contribution in [-0.2, 0) is 11.0 Å². The van der Waals surface area contributed by atoms with E-state index < -0.39 is 0 Å². The molecular formula is H6O5Th. The molecule has 5 nitrogen and oxygen atoms in total. The molecule has 0 aliphatic carbocycles. The normalized spacial score (nSPS) is 0. The summed E-state index contributed by atoms with van der Waals surface area (Å²) in [6.45, 7) is 0. The molecule has 0 amide bonds. The minimum Gasteiger partial charge on any atom is -2.00 e. The first-order valence-corrected chi connectivity index (χ1v) is 0. The van der Waals surface area contributed by atoms with Crippen LogP contribution in [0.2, 0.25) is 0 Å². The molecule has 0 fully saturated rings. The van der Waals surface area contributed by atoms with E-state index in [1.807, 2.05) is 0 Å². The van der Waals surface area contributed by atoms with Gasteiger partial charge in [-0.3, -0.25) is 0 Å². The molecule has 0 heterocycles. The Labute approximate surface area is 67.0 Å². The SMILES string of the molecule is O.O.O.[O-2].[O-2].[Th+4]. The maximum absolute atomic E-state index is 0. The van der Waals surface area contributed by atoms with Crippen molar-refractivity contribution >= 4 is 0 Å². The topological polar surface area (TPSA) is 152 Å². The van der Waals surface area contributed by atoms with E-state index in [1.54, 1.807) is 0 Å². The fourth-order valence-electron chi connectivity index (χ4n) is 0. The third-order valence-corrected chi connectivity index (χ3v) is 0. The van der Waals surface area contributed by atoms with Gasteiger partial charge in [-0.1, -0.05) is 0 Å². The molecule has 0 spiro atoms. The van der Waals surface area contributed by atoms with E-state index >= 15 is 0 Å². The number of hydrogen-bond acceptors (Lipinski definition) is 0. The largest absolute Gasteiger partial charge is 4.00 e. The Balaban J connectivity index is 0. The van der Waals surface area contributed by atoms with Crippen LogP contribution in [0, 0.1) is 39.9 Å².